The van der Waals surface area contributed by atoms with Gasteiger partial charge in [0.2, 0.25) is 0 Å². The van der Waals surface area contributed by atoms with Crippen molar-refractivity contribution in [3.05, 3.63) is 57.5 Å². The molecule has 2 aromatic carbocycles. The van der Waals surface area contributed by atoms with E-state index in [4.69, 9.17) is 9.15 Å². The topological polar surface area (TPSA) is 56.7 Å². The van der Waals surface area contributed by atoms with Crippen molar-refractivity contribution in [2.75, 3.05) is 6.61 Å². The number of carbonyl (C=O) groups is 1. The molecular formula is C19H15BrN2O3S. The summed E-state index contributed by atoms with van der Waals surface area (Å²) in [6.07, 6.45) is 0. The summed E-state index contributed by atoms with van der Waals surface area (Å²) >= 11 is 5.00. The second-order valence-corrected chi connectivity index (χ2v) is 7.53. The van der Waals surface area contributed by atoms with Crippen molar-refractivity contribution in [1.82, 2.24) is 4.57 Å². The van der Waals surface area contributed by atoms with E-state index in [1.54, 1.807) is 6.07 Å². The number of amides is 1. The van der Waals surface area contributed by atoms with Crippen LogP contribution in [0.2, 0.25) is 0 Å². The highest BCUT2D eigenvalue weighted by Crippen LogP contribution is 2.29. The molecule has 132 valence electrons. The Morgan fingerprint density at radius 1 is 1.31 bits per heavy atom. The summed E-state index contributed by atoms with van der Waals surface area (Å²) in [5.41, 5.74) is 1.57. The number of hydrogen-bond acceptors (Lipinski definition) is 4. The Bertz CT molecular complexity index is 1200. The first-order chi connectivity index (χ1) is 12.6. The average molecular weight is 431 g/mol. The third-order valence-electron chi connectivity index (χ3n) is 3.99. The molecule has 0 aliphatic heterocycles. The maximum Gasteiger partial charge on any atom is 0.315 e. The zero-order chi connectivity index (χ0) is 18.3. The molecule has 0 unspecified atom stereocenters. The summed E-state index contributed by atoms with van der Waals surface area (Å²) in [4.78, 5) is 17.5. The summed E-state index contributed by atoms with van der Waals surface area (Å²) in [7, 11) is 1.89. The Hall–Kier alpha value is -2.38. The summed E-state index contributed by atoms with van der Waals surface area (Å²) < 4.78 is 15.2. The highest BCUT2D eigenvalue weighted by Gasteiger charge is 2.15. The van der Waals surface area contributed by atoms with Gasteiger partial charge in [0.25, 0.3) is 0 Å². The highest BCUT2D eigenvalue weighted by molar-refractivity contribution is 9.10. The van der Waals surface area contributed by atoms with Gasteiger partial charge in [-0.25, -0.2) is 0 Å². The first-order valence-corrected chi connectivity index (χ1v) is 9.68. The van der Waals surface area contributed by atoms with Gasteiger partial charge in [0, 0.05) is 16.9 Å². The molecule has 5 nitrogen and oxygen atoms in total. The molecule has 0 atom stereocenters. The Labute approximate surface area is 161 Å². The molecule has 2 aromatic heterocycles. The number of hydrogen-bond donors (Lipinski definition) is 0. The number of aryl methyl sites for hydroxylation is 1. The fraction of sp³-hybridized carbons (Fsp3) is 0.158. The number of aromatic nitrogens is 1. The van der Waals surface area contributed by atoms with Gasteiger partial charge < -0.3 is 13.7 Å². The normalized spacial score (nSPS) is 12.2. The van der Waals surface area contributed by atoms with Crippen LogP contribution in [-0.4, -0.2) is 17.1 Å². The van der Waals surface area contributed by atoms with Gasteiger partial charge in [-0.3, -0.25) is 4.79 Å². The monoisotopic (exact) mass is 430 g/mol. The predicted octanol–water partition coefficient (Wildman–Crippen LogP) is 4.89. The first kappa shape index (κ1) is 17.1. The van der Waals surface area contributed by atoms with Crippen LogP contribution in [0.4, 0.5) is 0 Å². The number of halogens is 1. The molecule has 0 radical (unpaired) electrons. The van der Waals surface area contributed by atoms with Gasteiger partial charge in [0.15, 0.2) is 21.9 Å². The van der Waals surface area contributed by atoms with Crippen LogP contribution < -0.4 is 9.54 Å². The Balaban J connectivity index is 1.80. The molecule has 4 rings (SSSR count). The molecule has 0 saturated carbocycles. The summed E-state index contributed by atoms with van der Waals surface area (Å²) in [6.45, 7) is 2.43. The van der Waals surface area contributed by atoms with Crippen LogP contribution in [0.3, 0.4) is 0 Å². The van der Waals surface area contributed by atoms with E-state index in [0.717, 1.165) is 20.1 Å². The lowest BCUT2D eigenvalue weighted by Gasteiger charge is -2.01. The molecule has 2 heterocycles. The van der Waals surface area contributed by atoms with E-state index in [1.165, 1.54) is 11.3 Å². The molecule has 0 N–H and O–H groups in total. The third kappa shape index (κ3) is 2.87. The lowest BCUT2D eigenvalue weighted by molar-refractivity contribution is 0.0973. The minimum absolute atomic E-state index is 0.198. The second-order valence-electron chi connectivity index (χ2n) is 5.67. The molecule has 0 aliphatic rings. The zero-order valence-corrected chi connectivity index (χ0v) is 16.6. The van der Waals surface area contributed by atoms with E-state index in [9.17, 15) is 4.79 Å². The minimum Gasteiger partial charge on any atom is -0.490 e. The van der Waals surface area contributed by atoms with Gasteiger partial charge in [-0.15, -0.1) is 0 Å². The highest BCUT2D eigenvalue weighted by atomic mass is 79.9. The van der Waals surface area contributed by atoms with E-state index in [0.29, 0.717) is 22.7 Å². The van der Waals surface area contributed by atoms with Crippen molar-refractivity contribution in [2.24, 2.45) is 12.0 Å². The molecule has 4 aromatic rings. The van der Waals surface area contributed by atoms with E-state index < -0.39 is 5.91 Å². The van der Waals surface area contributed by atoms with E-state index >= 15 is 0 Å². The first-order valence-electron chi connectivity index (χ1n) is 8.07. The van der Waals surface area contributed by atoms with Gasteiger partial charge in [0.1, 0.15) is 0 Å². The van der Waals surface area contributed by atoms with Crippen LogP contribution in [0.5, 0.6) is 5.75 Å². The molecule has 0 saturated heterocycles. The predicted molar refractivity (Wildman–Crippen MR) is 106 cm³/mol. The van der Waals surface area contributed by atoms with Crippen molar-refractivity contribution in [1.29, 1.82) is 0 Å². The Morgan fingerprint density at radius 3 is 2.88 bits per heavy atom. The summed E-state index contributed by atoms with van der Waals surface area (Å²) in [5.74, 6) is 0.408. The summed E-state index contributed by atoms with van der Waals surface area (Å²) in [6, 6.07) is 13.2. The van der Waals surface area contributed by atoms with Crippen molar-refractivity contribution < 1.29 is 13.9 Å². The van der Waals surface area contributed by atoms with Crippen LogP contribution in [0.1, 0.15) is 17.5 Å². The standard InChI is InChI=1S/C19H15BrN2O3S/c1-3-24-13-8-4-6-11-10-14(25-17(11)13)18(23)21-19-22(2)16-12(20)7-5-9-15(16)26-19/h4-10H,3H2,1-2H3. The number of thiazole rings is 1. The number of rotatable bonds is 3. The fourth-order valence-electron chi connectivity index (χ4n) is 2.82. The smallest absolute Gasteiger partial charge is 0.315 e. The molecule has 0 bridgehead atoms. The van der Waals surface area contributed by atoms with Crippen molar-refractivity contribution in [3.63, 3.8) is 0 Å². The van der Waals surface area contributed by atoms with Gasteiger partial charge >= 0.3 is 5.91 Å². The van der Waals surface area contributed by atoms with Crippen LogP contribution in [0, 0.1) is 0 Å². The maximum absolute atomic E-state index is 12.6. The summed E-state index contributed by atoms with van der Waals surface area (Å²) in [5, 5.41) is 0.818. The molecule has 26 heavy (non-hydrogen) atoms. The van der Waals surface area contributed by atoms with Gasteiger partial charge in [-0.2, -0.15) is 4.99 Å². The van der Waals surface area contributed by atoms with Gasteiger partial charge in [0.05, 0.1) is 16.8 Å². The molecule has 7 heteroatoms. The molecule has 0 spiro atoms. The van der Waals surface area contributed by atoms with Crippen LogP contribution in [0.25, 0.3) is 21.2 Å². The second kappa shape index (κ2) is 6.74. The van der Waals surface area contributed by atoms with Crippen molar-refractivity contribution in [3.8, 4) is 5.75 Å². The van der Waals surface area contributed by atoms with E-state index in [-0.39, 0.29) is 5.76 Å². The zero-order valence-electron chi connectivity index (χ0n) is 14.2. The number of nitrogens with zero attached hydrogens (tertiary/aromatic N) is 2. The van der Waals surface area contributed by atoms with Gasteiger partial charge in [-0.1, -0.05) is 29.5 Å². The maximum atomic E-state index is 12.6. The van der Waals surface area contributed by atoms with Crippen LogP contribution in [-0.2, 0) is 7.05 Å². The van der Waals surface area contributed by atoms with Crippen LogP contribution in [0.15, 0.2) is 56.3 Å². The SMILES string of the molecule is CCOc1cccc2cc(C(=O)N=c3sc4cccc(Br)c4n3C)oc12. The lowest BCUT2D eigenvalue weighted by atomic mass is 10.2. The van der Waals surface area contributed by atoms with Gasteiger partial charge in [-0.05, 0) is 47.1 Å². The van der Waals surface area contributed by atoms with Crippen LogP contribution >= 0.6 is 27.3 Å². The molecule has 0 aliphatic carbocycles. The number of carbonyl (C=O) groups excluding carboxylic acids is 1. The minimum atomic E-state index is -0.415. The number of furan rings is 1. The lowest BCUT2D eigenvalue weighted by Crippen LogP contribution is -2.13. The van der Waals surface area contributed by atoms with E-state index in [2.05, 4.69) is 20.9 Å². The van der Waals surface area contributed by atoms with Crippen molar-refractivity contribution >= 4 is 54.4 Å². The number of fused-ring (bicyclic) bond motifs is 2. The number of ether oxygens (including phenoxy) is 1. The Kier molecular flexibility index (Phi) is 4.42. The molecular weight excluding hydrogens is 416 g/mol. The third-order valence-corrected chi connectivity index (χ3v) is 5.73. The Morgan fingerprint density at radius 2 is 2.12 bits per heavy atom. The largest absolute Gasteiger partial charge is 0.490 e. The number of benzene rings is 2. The average Bonchev–Trinajstić information content (AvgIpc) is 3.19. The molecule has 1 amide bonds. The fourth-order valence-corrected chi connectivity index (χ4v) is 4.62. The van der Waals surface area contributed by atoms with E-state index in [1.807, 2.05) is 54.9 Å². The number of para-hydroxylation sites is 2. The quantitative estimate of drug-likeness (QED) is 0.464. The van der Waals surface area contributed by atoms with Crippen molar-refractivity contribution in [2.45, 2.75) is 6.92 Å². The molecule has 0 fully saturated rings.